The van der Waals surface area contributed by atoms with Crippen LogP contribution >= 0.6 is 0 Å². The summed E-state index contributed by atoms with van der Waals surface area (Å²) in [5, 5.41) is 13.9. The van der Waals surface area contributed by atoms with Gasteiger partial charge in [0.2, 0.25) is 0 Å². The molecule has 0 atom stereocenters. The Labute approximate surface area is 117 Å². The Morgan fingerprint density at radius 3 is 2.75 bits per heavy atom. The number of non-ortho nitro benzene ring substituents is 1. The first-order valence-electron chi connectivity index (χ1n) is 6.36. The minimum absolute atomic E-state index is 0.0241. The minimum atomic E-state index is -0.746. The summed E-state index contributed by atoms with van der Waals surface area (Å²) in [6, 6.07) is 4.21. The van der Waals surface area contributed by atoms with E-state index < -0.39 is 10.8 Å². The fourth-order valence-corrected chi connectivity index (χ4v) is 1.59. The van der Waals surface area contributed by atoms with E-state index in [1.54, 1.807) is 0 Å². The van der Waals surface area contributed by atoms with Crippen molar-refractivity contribution in [1.29, 1.82) is 0 Å². The lowest BCUT2D eigenvalue weighted by atomic mass is 10.1. The second kappa shape index (κ2) is 7.44. The van der Waals surface area contributed by atoms with Crippen LogP contribution in [0.3, 0.4) is 0 Å². The monoisotopic (exact) mass is 281 g/mol. The molecule has 7 heteroatoms. The average Bonchev–Trinajstić information content (AvgIpc) is 2.37. The van der Waals surface area contributed by atoms with Crippen LogP contribution in [-0.2, 0) is 0 Å². The molecule has 1 amide bonds. The van der Waals surface area contributed by atoms with Crippen LogP contribution in [0.4, 0.5) is 5.69 Å². The number of benzene rings is 1. The second-order valence-electron chi connectivity index (χ2n) is 4.61. The quantitative estimate of drug-likeness (QED) is 0.426. The molecule has 1 aromatic rings. The minimum Gasteiger partial charge on any atom is -0.493 e. The van der Waals surface area contributed by atoms with Gasteiger partial charge in [0.15, 0.2) is 0 Å². The molecule has 20 heavy (non-hydrogen) atoms. The number of nitrogens with two attached hydrogens (primary N) is 1. The van der Waals surface area contributed by atoms with E-state index in [1.807, 2.05) is 13.8 Å². The van der Waals surface area contributed by atoms with Crippen molar-refractivity contribution < 1.29 is 14.5 Å². The number of carbonyl (C=O) groups excluding carboxylic acids is 1. The van der Waals surface area contributed by atoms with Crippen molar-refractivity contribution in [2.45, 2.75) is 26.3 Å². The molecule has 3 N–H and O–H groups in total. The molecule has 0 saturated heterocycles. The van der Waals surface area contributed by atoms with E-state index in [1.165, 1.54) is 12.1 Å². The van der Waals surface area contributed by atoms with E-state index in [2.05, 4.69) is 5.32 Å². The van der Waals surface area contributed by atoms with Gasteiger partial charge in [-0.2, -0.15) is 0 Å². The summed E-state index contributed by atoms with van der Waals surface area (Å²) in [4.78, 5) is 21.4. The molecule has 7 nitrogen and oxygen atoms in total. The van der Waals surface area contributed by atoms with Crippen molar-refractivity contribution in [3.05, 3.63) is 33.9 Å². The van der Waals surface area contributed by atoms with Gasteiger partial charge in [0.25, 0.3) is 11.6 Å². The number of hydrogen-bond acceptors (Lipinski definition) is 5. The van der Waals surface area contributed by atoms with E-state index in [9.17, 15) is 14.9 Å². The average molecular weight is 281 g/mol. The molecule has 1 aromatic carbocycles. The molecular formula is C13H19N3O4. The number of nitro benzene ring substituents is 1. The molecule has 0 aliphatic carbocycles. The predicted octanol–water partition coefficient (Wildman–Crippen LogP) is 1.46. The zero-order valence-electron chi connectivity index (χ0n) is 11.6. The van der Waals surface area contributed by atoms with Gasteiger partial charge in [-0.15, -0.1) is 0 Å². The van der Waals surface area contributed by atoms with Crippen LogP contribution in [0.2, 0.25) is 0 Å². The molecule has 0 unspecified atom stereocenters. The molecular weight excluding hydrogens is 262 g/mol. The van der Waals surface area contributed by atoms with Crippen LogP contribution in [0.5, 0.6) is 5.75 Å². The highest BCUT2D eigenvalue weighted by Crippen LogP contribution is 2.23. The Morgan fingerprint density at radius 1 is 1.50 bits per heavy atom. The largest absolute Gasteiger partial charge is 0.493 e. The summed E-state index contributed by atoms with van der Waals surface area (Å²) in [5.74, 6) is -0.475. The van der Waals surface area contributed by atoms with Crippen LogP contribution in [0.25, 0.3) is 0 Å². The molecule has 0 aliphatic heterocycles. The number of carbonyl (C=O) groups is 1. The van der Waals surface area contributed by atoms with Gasteiger partial charge in [0.1, 0.15) is 5.75 Å². The highest BCUT2D eigenvalue weighted by atomic mass is 16.6. The molecule has 0 aliphatic rings. The van der Waals surface area contributed by atoms with Gasteiger partial charge in [-0.3, -0.25) is 14.9 Å². The lowest BCUT2D eigenvalue weighted by molar-refractivity contribution is -0.384. The predicted molar refractivity (Wildman–Crippen MR) is 74.9 cm³/mol. The van der Waals surface area contributed by atoms with Crippen LogP contribution in [-0.4, -0.2) is 30.0 Å². The molecule has 0 saturated carbocycles. The number of hydrogen-bond donors (Lipinski definition) is 2. The van der Waals surface area contributed by atoms with Gasteiger partial charge in [-0.1, -0.05) is 13.8 Å². The van der Waals surface area contributed by atoms with Crippen LogP contribution in [0, 0.1) is 10.1 Å². The number of nitro groups is 1. The van der Waals surface area contributed by atoms with Crippen molar-refractivity contribution in [1.82, 2.24) is 5.32 Å². The Morgan fingerprint density at radius 2 is 2.20 bits per heavy atom. The SMILES string of the molecule is CC(C)NCCCOc1ccc([N+](=O)[O-])cc1C(N)=O. The summed E-state index contributed by atoms with van der Waals surface area (Å²) in [6.45, 7) is 5.28. The molecule has 0 aromatic heterocycles. The van der Waals surface area contributed by atoms with E-state index in [4.69, 9.17) is 10.5 Å². The molecule has 1 rings (SSSR count). The van der Waals surface area contributed by atoms with Gasteiger partial charge >= 0.3 is 0 Å². The van der Waals surface area contributed by atoms with Crippen molar-refractivity contribution in [3.63, 3.8) is 0 Å². The van der Waals surface area contributed by atoms with Gasteiger partial charge in [0.05, 0.1) is 17.1 Å². The van der Waals surface area contributed by atoms with Crippen LogP contribution in [0.1, 0.15) is 30.6 Å². The normalized spacial score (nSPS) is 10.6. The fraction of sp³-hybridized carbons (Fsp3) is 0.462. The second-order valence-corrected chi connectivity index (χ2v) is 4.61. The molecule has 0 radical (unpaired) electrons. The maximum absolute atomic E-state index is 11.3. The highest BCUT2D eigenvalue weighted by Gasteiger charge is 2.15. The number of nitrogens with one attached hydrogen (secondary N) is 1. The van der Waals surface area contributed by atoms with Crippen molar-refractivity contribution in [2.24, 2.45) is 5.73 Å². The molecule has 0 bridgehead atoms. The number of nitrogens with zero attached hydrogens (tertiary/aromatic N) is 1. The van der Waals surface area contributed by atoms with E-state index in [-0.39, 0.29) is 17.0 Å². The fourth-order valence-electron chi connectivity index (χ4n) is 1.59. The summed E-state index contributed by atoms with van der Waals surface area (Å²) in [5.41, 5.74) is 5.04. The molecule has 0 heterocycles. The third-order valence-electron chi connectivity index (χ3n) is 2.57. The summed E-state index contributed by atoms with van der Waals surface area (Å²) >= 11 is 0. The number of rotatable bonds is 8. The highest BCUT2D eigenvalue weighted by molar-refractivity contribution is 5.96. The van der Waals surface area contributed by atoms with Crippen molar-refractivity contribution in [3.8, 4) is 5.75 Å². The lowest BCUT2D eigenvalue weighted by Crippen LogP contribution is -2.25. The summed E-state index contributed by atoms with van der Waals surface area (Å²) in [6.07, 6.45) is 0.757. The van der Waals surface area contributed by atoms with Crippen molar-refractivity contribution >= 4 is 11.6 Å². The first-order chi connectivity index (χ1) is 9.41. The Bertz CT molecular complexity index is 489. The van der Waals surface area contributed by atoms with Crippen LogP contribution < -0.4 is 15.8 Å². The van der Waals surface area contributed by atoms with Gasteiger partial charge in [-0.25, -0.2) is 0 Å². The van der Waals surface area contributed by atoms with Crippen molar-refractivity contribution in [2.75, 3.05) is 13.2 Å². The maximum Gasteiger partial charge on any atom is 0.270 e. The Kier molecular flexibility index (Phi) is 5.92. The van der Waals surface area contributed by atoms with Crippen LogP contribution in [0.15, 0.2) is 18.2 Å². The van der Waals surface area contributed by atoms with E-state index in [0.29, 0.717) is 12.6 Å². The molecule has 0 spiro atoms. The lowest BCUT2D eigenvalue weighted by Gasteiger charge is -2.11. The third kappa shape index (κ3) is 4.85. The third-order valence-corrected chi connectivity index (χ3v) is 2.57. The summed E-state index contributed by atoms with van der Waals surface area (Å²) < 4.78 is 5.45. The molecule has 110 valence electrons. The first-order valence-corrected chi connectivity index (χ1v) is 6.36. The smallest absolute Gasteiger partial charge is 0.270 e. The standard InChI is InChI=1S/C13H19N3O4/c1-9(2)15-6-3-7-20-12-5-4-10(16(18)19)8-11(12)13(14)17/h4-5,8-9,15H,3,6-7H2,1-2H3,(H2,14,17). The zero-order valence-corrected chi connectivity index (χ0v) is 11.6. The van der Waals surface area contributed by atoms with E-state index in [0.717, 1.165) is 19.0 Å². The molecule has 0 fully saturated rings. The van der Waals surface area contributed by atoms with Gasteiger partial charge in [-0.05, 0) is 19.0 Å². The number of ether oxygens (including phenoxy) is 1. The number of primary amides is 1. The topological polar surface area (TPSA) is 107 Å². The zero-order chi connectivity index (χ0) is 15.1. The van der Waals surface area contributed by atoms with Gasteiger partial charge in [0, 0.05) is 18.2 Å². The summed E-state index contributed by atoms with van der Waals surface area (Å²) in [7, 11) is 0. The maximum atomic E-state index is 11.3. The number of amides is 1. The van der Waals surface area contributed by atoms with E-state index >= 15 is 0 Å². The Balaban J connectivity index is 2.65. The van der Waals surface area contributed by atoms with Gasteiger partial charge < -0.3 is 15.8 Å². The first kappa shape index (κ1) is 15.9. The Hall–Kier alpha value is -2.15.